The molecule has 4 heteroatoms. The second kappa shape index (κ2) is 5.65. The number of rotatable bonds is 5. The van der Waals surface area contributed by atoms with Gasteiger partial charge in [-0.1, -0.05) is 18.2 Å². The number of anilines is 1. The summed E-state index contributed by atoms with van der Waals surface area (Å²) < 4.78 is 11.3. The third kappa shape index (κ3) is 2.91. The second-order valence-electron chi connectivity index (χ2n) is 4.60. The molecule has 0 saturated heterocycles. The molecule has 0 aliphatic heterocycles. The zero-order valence-corrected chi connectivity index (χ0v) is 11.1. The summed E-state index contributed by atoms with van der Waals surface area (Å²) in [6, 6.07) is 15.3. The van der Waals surface area contributed by atoms with E-state index in [-0.39, 0.29) is 0 Å². The van der Waals surface area contributed by atoms with Gasteiger partial charge in [-0.15, -0.1) is 0 Å². The van der Waals surface area contributed by atoms with Gasteiger partial charge in [0.2, 0.25) is 0 Å². The number of nitrogens with two attached hydrogens (primary N) is 1. The number of benzene rings is 2. The maximum atomic E-state index is 5.72. The Morgan fingerprint density at radius 3 is 2.80 bits per heavy atom. The van der Waals surface area contributed by atoms with E-state index in [1.807, 2.05) is 48.5 Å². The third-order valence-corrected chi connectivity index (χ3v) is 3.00. The van der Waals surface area contributed by atoms with E-state index in [1.54, 1.807) is 0 Å². The minimum absolute atomic E-state index is 0.644. The van der Waals surface area contributed by atoms with E-state index in [0.29, 0.717) is 12.3 Å². The van der Waals surface area contributed by atoms with Crippen LogP contribution in [-0.4, -0.2) is 11.6 Å². The van der Waals surface area contributed by atoms with Crippen molar-refractivity contribution in [2.45, 2.75) is 12.8 Å². The summed E-state index contributed by atoms with van der Waals surface area (Å²) in [4.78, 5) is 4.42. The largest absolute Gasteiger partial charge is 0.494 e. The predicted molar refractivity (Wildman–Crippen MR) is 78.7 cm³/mol. The molecule has 1 aromatic heterocycles. The average molecular weight is 268 g/mol. The van der Waals surface area contributed by atoms with Crippen molar-refractivity contribution in [3.63, 3.8) is 0 Å². The number of para-hydroxylation sites is 1. The van der Waals surface area contributed by atoms with Crippen LogP contribution in [0.1, 0.15) is 12.3 Å². The zero-order valence-electron chi connectivity index (χ0n) is 11.1. The van der Waals surface area contributed by atoms with Gasteiger partial charge >= 0.3 is 0 Å². The first-order valence-electron chi connectivity index (χ1n) is 6.64. The monoisotopic (exact) mass is 268 g/mol. The highest BCUT2D eigenvalue weighted by molar-refractivity contribution is 5.76. The maximum absolute atomic E-state index is 5.72. The molecule has 3 aromatic rings. The van der Waals surface area contributed by atoms with E-state index in [9.17, 15) is 0 Å². The molecule has 0 fully saturated rings. The molecule has 0 radical (unpaired) electrons. The highest BCUT2D eigenvalue weighted by atomic mass is 16.5. The van der Waals surface area contributed by atoms with Gasteiger partial charge in [-0.05, 0) is 36.8 Å². The molecular formula is C16H16N2O2. The molecule has 0 spiro atoms. The first-order valence-corrected chi connectivity index (χ1v) is 6.64. The molecule has 3 rings (SSSR count). The standard InChI is InChI=1S/C16H16N2O2/c17-12-8-9-15-14(11-12)18-16(20-15)7-4-10-19-13-5-2-1-3-6-13/h1-3,5-6,8-9,11H,4,7,10,17H2. The minimum atomic E-state index is 0.644. The molecule has 0 saturated carbocycles. The summed E-state index contributed by atoms with van der Waals surface area (Å²) in [5.41, 5.74) is 8.00. The lowest BCUT2D eigenvalue weighted by Gasteiger charge is -2.03. The number of nitrogen functional groups attached to an aromatic ring is 1. The number of hydrogen-bond acceptors (Lipinski definition) is 4. The lowest BCUT2D eigenvalue weighted by molar-refractivity contribution is 0.306. The molecule has 2 N–H and O–H groups in total. The minimum Gasteiger partial charge on any atom is -0.494 e. The summed E-state index contributed by atoms with van der Waals surface area (Å²) in [6.07, 6.45) is 1.61. The lowest BCUT2D eigenvalue weighted by atomic mass is 10.3. The van der Waals surface area contributed by atoms with Crippen molar-refractivity contribution in [1.29, 1.82) is 0 Å². The first-order chi connectivity index (χ1) is 9.81. The van der Waals surface area contributed by atoms with Crippen molar-refractivity contribution in [3.05, 3.63) is 54.4 Å². The zero-order chi connectivity index (χ0) is 13.8. The molecule has 2 aromatic carbocycles. The van der Waals surface area contributed by atoms with Gasteiger partial charge in [0.25, 0.3) is 0 Å². The number of ether oxygens (including phenoxy) is 1. The van der Waals surface area contributed by atoms with Crippen LogP contribution in [0, 0.1) is 0 Å². The Bertz CT molecular complexity index is 692. The molecule has 4 nitrogen and oxygen atoms in total. The fourth-order valence-electron chi connectivity index (χ4n) is 2.03. The first kappa shape index (κ1) is 12.5. The molecule has 0 amide bonds. The Morgan fingerprint density at radius 2 is 1.95 bits per heavy atom. The van der Waals surface area contributed by atoms with Crippen LogP contribution >= 0.6 is 0 Å². The van der Waals surface area contributed by atoms with Crippen molar-refractivity contribution in [3.8, 4) is 5.75 Å². The molecule has 0 unspecified atom stereocenters. The molecular weight excluding hydrogens is 252 g/mol. The number of aryl methyl sites for hydroxylation is 1. The molecule has 0 aliphatic carbocycles. The number of aromatic nitrogens is 1. The third-order valence-electron chi connectivity index (χ3n) is 3.00. The fourth-order valence-corrected chi connectivity index (χ4v) is 2.03. The van der Waals surface area contributed by atoms with Crippen LogP contribution in [0.15, 0.2) is 52.9 Å². The number of hydrogen-bond donors (Lipinski definition) is 1. The van der Waals surface area contributed by atoms with E-state index < -0.39 is 0 Å². The molecule has 1 heterocycles. The Kier molecular flexibility index (Phi) is 3.54. The molecule has 0 bridgehead atoms. The SMILES string of the molecule is Nc1ccc2oc(CCCOc3ccccc3)nc2c1. The van der Waals surface area contributed by atoms with Gasteiger partial charge in [0.1, 0.15) is 11.3 Å². The number of oxazole rings is 1. The van der Waals surface area contributed by atoms with Gasteiger partial charge in [-0.25, -0.2) is 4.98 Å². The van der Waals surface area contributed by atoms with E-state index in [1.165, 1.54) is 0 Å². The smallest absolute Gasteiger partial charge is 0.195 e. The molecule has 0 atom stereocenters. The van der Waals surface area contributed by atoms with Crippen LogP contribution in [0.3, 0.4) is 0 Å². The summed E-state index contributed by atoms with van der Waals surface area (Å²) in [7, 11) is 0. The normalized spacial score (nSPS) is 10.8. The fraction of sp³-hybridized carbons (Fsp3) is 0.188. The van der Waals surface area contributed by atoms with Crippen molar-refractivity contribution < 1.29 is 9.15 Å². The quantitative estimate of drug-likeness (QED) is 0.569. The predicted octanol–water partition coefficient (Wildman–Crippen LogP) is 3.42. The van der Waals surface area contributed by atoms with Crippen LogP contribution in [0.5, 0.6) is 5.75 Å². The van der Waals surface area contributed by atoms with Gasteiger partial charge in [0.15, 0.2) is 11.5 Å². The average Bonchev–Trinajstić information content (AvgIpc) is 2.86. The second-order valence-corrected chi connectivity index (χ2v) is 4.60. The van der Waals surface area contributed by atoms with Crippen LogP contribution in [0.4, 0.5) is 5.69 Å². The number of nitrogens with zero attached hydrogens (tertiary/aromatic N) is 1. The van der Waals surface area contributed by atoms with E-state index >= 15 is 0 Å². The summed E-state index contributed by atoms with van der Waals surface area (Å²) in [6.45, 7) is 0.644. The highest BCUT2D eigenvalue weighted by Gasteiger charge is 2.05. The van der Waals surface area contributed by atoms with E-state index in [2.05, 4.69) is 4.98 Å². The van der Waals surface area contributed by atoms with E-state index in [4.69, 9.17) is 14.9 Å². The maximum Gasteiger partial charge on any atom is 0.195 e. The van der Waals surface area contributed by atoms with Gasteiger partial charge in [-0.2, -0.15) is 0 Å². The van der Waals surface area contributed by atoms with Crippen molar-refractivity contribution >= 4 is 16.8 Å². The van der Waals surface area contributed by atoms with Crippen LogP contribution in [-0.2, 0) is 6.42 Å². The molecule has 102 valence electrons. The summed E-state index contributed by atoms with van der Waals surface area (Å²) in [5, 5.41) is 0. The molecule has 0 aliphatic rings. The Morgan fingerprint density at radius 1 is 1.10 bits per heavy atom. The van der Waals surface area contributed by atoms with E-state index in [0.717, 1.165) is 35.6 Å². The van der Waals surface area contributed by atoms with Crippen molar-refractivity contribution in [1.82, 2.24) is 4.98 Å². The highest BCUT2D eigenvalue weighted by Crippen LogP contribution is 2.19. The number of fused-ring (bicyclic) bond motifs is 1. The summed E-state index contributed by atoms with van der Waals surface area (Å²) in [5.74, 6) is 1.61. The lowest BCUT2D eigenvalue weighted by Crippen LogP contribution is -1.99. The Hall–Kier alpha value is -2.49. The topological polar surface area (TPSA) is 61.3 Å². The van der Waals surface area contributed by atoms with Crippen LogP contribution in [0.2, 0.25) is 0 Å². The van der Waals surface area contributed by atoms with Crippen LogP contribution < -0.4 is 10.5 Å². The van der Waals surface area contributed by atoms with Gasteiger partial charge in [-0.3, -0.25) is 0 Å². The Balaban J connectivity index is 1.55. The van der Waals surface area contributed by atoms with Crippen molar-refractivity contribution in [2.75, 3.05) is 12.3 Å². The van der Waals surface area contributed by atoms with Gasteiger partial charge in [0.05, 0.1) is 6.61 Å². The Labute approximate surface area is 117 Å². The van der Waals surface area contributed by atoms with Gasteiger partial charge in [0, 0.05) is 12.1 Å². The summed E-state index contributed by atoms with van der Waals surface area (Å²) >= 11 is 0. The molecule has 20 heavy (non-hydrogen) atoms. The van der Waals surface area contributed by atoms with Crippen molar-refractivity contribution in [2.24, 2.45) is 0 Å². The van der Waals surface area contributed by atoms with Gasteiger partial charge < -0.3 is 14.9 Å². The van der Waals surface area contributed by atoms with Crippen LogP contribution in [0.25, 0.3) is 11.1 Å².